The second-order valence-electron chi connectivity index (χ2n) is 5.82. The second-order valence-corrected chi connectivity index (χ2v) is 5.82. The molecule has 1 aliphatic carbocycles. The van der Waals surface area contributed by atoms with Crippen molar-refractivity contribution in [1.29, 1.82) is 0 Å². The Morgan fingerprint density at radius 2 is 1.89 bits per heavy atom. The lowest BCUT2D eigenvalue weighted by Crippen LogP contribution is -2.54. The van der Waals surface area contributed by atoms with Crippen LogP contribution in [0.2, 0.25) is 0 Å². The predicted molar refractivity (Wildman–Crippen MR) is 68.2 cm³/mol. The lowest BCUT2D eigenvalue weighted by atomic mass is 9.96. The maximum atomic E-state index is 11.7. The SMILES string of the molecule is COC(=O)C(N)(COCCOC(C)(C)C)C1CC1. The van der Waals surface area contributed by atoms with Gasteiger partial charge in [-0.3, -0.25) is 0 Å². The first-order valence-electron chi connectivity index (χ1n) is 6.38. The molecule has 0 bridgehead atoms. The van der Waals surface area contributed by atoms with E-state index in [9.17, 15) is 4.79 Å². The van der Waals surface area contributed by atoms with E-state index >= 15 is 0 Å². The Morgan fingerprint density at radius 3 is 2.33 bits per heavy atom. The van der Waals surface area contributed by atoms with Crippen LogP contribution < -0.4 is 5.73 Å². The molecular formula is C13H25NO4. The van der Waals surface area contributed by atoms with Gasteiger partial charge in [0.1, 0.15) is 5.54 Å². The minimum atomic E-state index is -0.990. The molecule has 1 rings (SSSR count). The Labute approximate surface area is 109 Å². The monoisotopic (exact) mass is 259 g/mol. The molecule has 0 aromatic carbocycles. The number of hydrogen-bond acceptors (Lipinski definition) is 5. The Bertz CT molecular complexity index is 283. The molecule has 1 unspecified atom stereocenters. The molecule has 2 N–H and O–H groups in total. The molecule has 1 aliphatic rings. The maximum absolute atomic E-state index is 11.7. The molecule has 1 saturated carbocycles. The van der Waals surface area contributed by atoms with Crippen LogP contribution in [-0.4, -0.2) is 44.0 Å². The lowest BCUT2D eigenvalue weighted by Gasteiger charge is -2.26. The zero-order valence-electron chi connectivity index (χ0n) is 11.8. The van der Waals surface area contributed by atoms with Gasteiger partial charge in [-0.15, -0.1) is 0 Å². The zero-order chi connectivity index (χ0) is 13.8. The van der Waals surface area contributed by atoms with Crippen molar-refractivity contribution < 1.29 is 19.0 Å². The first-order valence-corrected chi connectivity index (χ1v) is 6.38. The van der Waals surface area contributed by atoms with Gasteiger partial charge in [0.25, 0.3) is 0 Å². The third kappa shape index (κ3) is 4.55. The maximum Gasteiger partial charge on any atom is 0.328 e. The summed E-state index contributed by atoms with van der Waals surface area (Å²) in [5.41, 5.74) is 4.92. The summed E-state index contributed by atoms with van der Waals surface area (Å²) in [6.07, 6.45) is 1.93. The normalized spacial score (nSPS) is 19.4. The molecular weight excluding hydrogens is 234 g/mol. The van der Waals surface area contributed by atoms with Gasteiger partial charge in [-0.2, -0.15) is 0 Å². The van der Waals surface area contributed by atoms with Crippen LogP contribution in [0.4, 0.5) is 0 Å². The standard InChI is InChI=1S/C13H25NO4/c1-12(2,3)18-8-7-17-9-13(14,10-5-6-10)11(15)16-4/h10H,5-9,14H2,1-4H3. The van der Waals surface area contributed by atoms with Gasteiger partial charge in [0.2, 0.25) is 0 Å². The van der Waals surface area contributed by atoms with E-state index in [0.29, 0.717) is 13.2 Å². The van der Waals surface area contributed by atoms with Crippen LogP contribution in [0, 0.1) is 5.92 Å². The molecule has 1 fully saturated rings. The summed E-state index contributed by atoms with van der Waals surface area (Å²) in [4.78, 5) is 11.7. The van der Waals surface area contributed by atoms with Gasteiger partial charge in [-0.1, -0.05) is 0 Å². The van der Waals surface area contributed by atoms with E-state index in [0.717, 1.165) is 12.8 Å². The van der Waals surface area contributed by atoms with Crippen molar-refractivity contribution in [3.63, 3.8) is 0 Å². The van der Waals surface area contributed by atoms with Crippen LogP contribution in [0.1, 0.15) is 33.6 Å². The van der Waals surface area contributed by atoms with Crippen LogP contribution in [-0.2, 0) is 19.0 Å². The summed E-state index contributed by atoms with van der Waals surface area (Å²) >= 11 is 0. The fraction of sp³-hybridized carbons (Fsp3) is 0.923. The molecule has 106 valence electrons. The lowest BCUT2D eigenvalue weighted by molar-refractivity contribution is -0.151. The average Bonchev–Trinajstić information content (AvgIpc) is 3.09. The van der Waals surface area contributed by atoms with Crippen LogP contribution in [0.25, 0.3) is 0 Å². The number of carbonyl (C=O) groups is 1. The van der Waals surface area contributed by atoms with Gasteiger partial charge in [-0.05, 0) is 39.5 Å². The molecule has 0 radical (unpaired) electrons. The van der Waals surface area contributed by atoms with E-state index in [4.69, 9.17) is 19.9 Å². The number of hydrogen-bond donors (Lipinski definition) is 1. The first-order chi connectivity index (χ1) is 8.29. The fourth-order valence-corrected chi connectivity index (χ4v) is 1.78. The van der Waals surface area contributed by atoms with E-state index < -0.39 is 5.54 Å². The highest BCUT2D eigenvalue weighted by atomic mass is 16.5. The van der Waals surface area contributed by atoms with E-state index in [2.05, 4.69) is 0 Å². The number of nitrogens with two attached hydrogens (primary N) is 1. The smallest absolute Gasteiger partial charge is 0.328 e. The van der Waals surface area contributed by atoms with Crippen LogP contribution in [0.3, 0.4) is 0 Å². The van der Waals surface area contributed by atoms with Gasteiger partial charge in [0.05, 0.1) is 32.5 Å². The van der Waals surface area contributed by atoms with Crippen molar-refractivity contribution in [3.05, 3.63) is 0 Å². The van der Waals surface area contributed by atoms with Crippen molar-refractivity contribution in [1.82, 2.24) is 0 Å². The van der Waals surface area contributed by atoms with Gasteiger partial charge in [0.15, 0.2) is 0 Å². The second kappa shape index (κ2) is 5.99. The quantitative estimate of drug-likeness (QED) is 0.547. The van der Waals surface area contributed by atoms with Crippen molar-refractivity contribution in [2.45, 2.75) is 44.8 Å². The average molecular weight is 259 g/mol. The molecule has 0 heterocycles. The highest BCUT2D eigenvalue weighted by Gasteiger charge is 2.49. The number of rotatable bonds is 7. The van der Waals surface area contributed by atoms with E-state index in [1.165, 1.54) is 7.11 Å². The summed E-state index contributed by atoms with van der Waals surface area (Å²) in [5.74, 6) is -0.199. The third-order valence-electron chi connectivity index (χ3n) is 2.97. The zero-order valence-corrected chi connectivity index (χ0v) is 11.8. The summed E-state index contributed by atoms with van der Waals surface area (Å²) in [6, 6.07) is 0. The highest BCUT2D eigenvalue weighted by Crippen LogP contribution is 2.39. The van der Waals surface area contributed by atoms with Crippen molar-refractivity contribution in [3.8, 4) is 0 Å². The van der Waals surface area contributed by atoms with Crippen LogP contribution in [0.15, 0.2) is 0 Å². The molecule has 0 saturated heterocycles. The Morgan fingerprint density at radius 1 is 1.28 bits per heavy atom. The predicted octanol–water partition coefficient (Wildman–Crippen LogP) is 1.10. The van der Waals surface area contributed by atoms with E-state index in [1.807, 2.05) is 20.8 Å². The molecule has 0 aromatic heterocycles. The Balaban J connectivity index is 2.29. The number of ether oxygens (including phenoxy) is 3. The summed E-state index contributed by atoms with van der Waals surface area (Å²) in [6.45, 7) is 7.07. The number of esters is 1. The summed E-state index contributed by atoms with van der Waals surface area (Å²) in [7, 11) is 1.36. The fourth-order valence-electron chi connectivity index (χ4n) is 1.78. The van der Waals surface area contributed by atoms with Crippen molar-refractivity contribution in [2.75, 3.05) is 26.9 Å². The minimum absolute atomic E-state index is 0.179. The topological polar surface area (TPSA) is 70.8 Å². The van der Waals surface area contributed by atoms with Gasteiger partial charge < -0.3 is 19.9 Å². The molecule has 5 heteroatoms. The van der Waals surface area contributed by atoms with Gasteiger partial charge in [0, 0.05) is 0 Å². The Hall–Kier alpha value is -0.650. The van der Waals surface area contributed by atoms with Gasteiger partial charge in [-0.25, -0.2) is 4.79 Å². The number of carbonyl (C=O) groups excluding carboxylic acids is 1. The molecule has 0 aliphatic heterocycles. The van der Waals surface area contributed by atoms with E-state index in [1.54, 1.807) is 0 Å². The molecule has 0 aromatic rings. The largest absolute Gasteiger partial charge is 0.468 e. The van der Waals surface area contributed by atoms with Crippen molar-refractivity contribution in [2.24, 2.45) is 11.7 Å². The minimum Gasteiger partial charge on any atom is -0.468 e. The molecule has 0 amide bonds. The number of methoxy groups -OCH3 is 1. The first kappa shape index (κ1) is 15.4. The van der Waals surface area contributed by atoms with Crippen LogP contribution in [0.5, 0.6) is 0 Å². The molecule has 18 heavy (non-hydrogen) atoms. The molecule has 5 nitrogen and oxygen atoms in total. The Kier molecular flexibility index (Phi) is 5.13. The third-order valence-corrected chi connectivity index (χ3v) is 2.97. The van der Waals surface area contributed by atoms with Crippen LogP contribution >= 0.6 is 0 Å². The molecule has 1 atom stereocenters. The van der Waals surface area contributed by atoms with E-state index in [-0.39, 0.29) is 24.1 Å². The van der Waals surface area contributed by atoms with Crippen molar-refractivity contribution >= 4 is 5.97 Å². The summed E-state index contributed by atoms with van der Waals surface area (Å²) < 4.78 is 15.7. The van der Waals surface area contributed by atoms with Gasteiger partial charge >= 0.3 is 5.97 Å². The molecule has 0 spiro atoms. The summed E-state index contributed by atoms with van der Waals surface area (Å²) in [5, 5.41) is 0. The highest BCUT2D eigenvalue weighted by molar-refractivity contribution is 5.81.